The number of nitrogens with one attached hydrogen (secondary N) is 2. The third kappa shape index (κ3) is 1.48. The number of hydrogen-bond acceptors (Lipinski definition) is 3. The van der Waals surface area contributed by atoms with Crippen LogP contribution >= 0.6 is 0 Å². The first-order chi connectivity index (χ1) is 8.31. The molecule has 1 aromatic heterocycles. The van der Waals surface area contributed by atoms with E-state index in [1.165, 1.54) is 22.4 Å². The van der Waals surface area contributed by atoms with Gasteiger partial charge in [0.1, 0.15) is 5.75 Å². The molecule has 1 aliphatic rings. The molecule has 0 radical (unpaired) electrons. The summed E-state index contributed by atoms with van der Waals surface area (Å²) in [5.74, 6) is 0.889. The van der Waals surface area contributed by atoms with Crippen LogP contribution in [0.5, 0.6) is 5.75 Å². The maximum Gasteiger partial charge on any atom is 0.142 e. The molecule has 0 atom stereocenters. The molecule has 0 spiro atoms. The minimum absolute atomic E-state index is 0.889. The molecule has 4 nitrogen and oxygen atoms in total. The Hall–Kier alpha value is -1.97. The molecule has 1 aromatic carbocycles. The van der Waals surface area contributed by atoms with Gasteiger partial charge in [-0.05, 0) is 18.6 Å². The summed E-state index contributed by atoms with van der Waals surface area (Å²) in [7, 11) is 1.70. The second-order valence-corrected chi connectivity index (χ2v) is 4.27. The highest BCUT2D eigenvalue weighted by atomic mass is 16.5. The van der Waals surface area contributed by atoms with Crippen molar-refractivity contribution in [2.75, 3.05) is 19.0 Å². The number of fused-ring (bicyclic) bond motifs is 3. The van der Waals surface area contributed by atoms with Crippen molar-refractivity contribution in [2.24, 2.45) is 0 Å². The van der Waals surface area contributed by atoms with Crippen LogP contribution in [0.3, 0.4) is 0 Å². The summed E-state index contributed by atoms with van der Waals surface area (Å²) in [6.45, 7) is 3.00. The van der Waals surface area contributed by atoms with Gasteiger partial charge in [-0.15, -0.1) is 0 Å². The van der Waals surface area contributed by atoms with Crippen LogP contribution in [-0.2, 0) is 6.42 Å². The molecule has 2 aromatic rings. The summed E-state index contributed by atoms with van der Waals surface area (Å²) in [5, 5.41) is 10.7. The molecule has 17 heavy (non-hydrogen) atoms. The van der Waals surface area contributed by atoms with Gasteiger partial charge in [-0.25, -0.2) is 0 Å². The van der Waals surface area contributed by atoms with Crippen LogP contribution in [0.4, 0.5) is 5.69 Å². The molecule has 0 amide bonds. The number of anilines is 1. The Morgan fingerprint density at radius 1 is 1.35 bits per heavy atom. The standard InChI is InChI=1S/C13H15N3O/c1-8-3-4-11(17-2)13-12(8)9-7-15-16-10(9)5-6-14-13/h3-4,7,14H,5-6H2,1-2H3,(H,15,16). The monoisotopic (exact) mass is 229 g/mol. The maximum atomic E-state index is 5.42. The zero-order chi connectivity index (χ0) is 11.8. The second kappa shape index (κ2) is 3.80. The molecule has 0 fully saturated rings. The summed E-state index contributed by atoms with van der Waals surface area (Å²) >= 11 is 0. The first kappa shape index (κ1) is 10.2. The number of H-pyrrole nitrogens is 1. The molecule has 0 saturated heterocycles. The number of hydrogen-bond donors (Lipinski definition) is 2. The van der Waals surface area contributed by atoms with Crippen molar-refractivity contribution in [2.45, 2.75) is 13.3 Å². The summed E-state index contributed by atoms with van der Waals surface area (Å²) in [5.41, 5.74) is 5.88. The van der Waals surface area contributed by atoms with E-state index in [-0.39, 0.29) is 0 Å². The quantitative estimate of drug-likeness (QED) is 0.789. The molecule has 3 rings (SSSR count). The van der Waals surface area contributed by atoms with E-state index in [1.807, 2.05) is 12.3 Å². The van der Waals surface area contributed by atoms with E-state index in [4.69, 9.17) is 4.74 Å². The number of ether oxygens (including phenoxy) is 1. The summed E-state index contributed by atoms with van der Waals surface area (Å²) in [4.78, 5) is 0. The van der Waals surface area contributed by atoms with Crippen molar-refractivity contribution in [3.8, 4) is 16.9 Å². The van der Waals surface area contributed by atoms with Crippen molar-refractivity contribution in [1.29, 1.82) is 0 Å². The molecule has 0 unspecified atom stereocenters. The fourth-order valence-corrected chi connectivity index (χ4v) is 2.41. The van der Waals surface area contributed by atoms with E-state index in [9.17, 15) is 0 Å². The average Bonchev–Trinajstić information content (AvgIpc) is 2.71. The lowest BCUT2D eigenvalue weighted by Gasteiger charge is -2.14. The molecule has 0 bridgehead atoms. The summed E-state index contributed by atoms with van der Waals surface area (Å²) in [6, 6.07) is 4.09. The fraction of sp³-hybridized carbons (Fsp3) is 0.308. The van der Waals surface area contributed by atoms with Gasteiger partial charge in [0.2, 0.25) is 0 Å². The molecule has 0 saturated carbocycles. The SMILES string of the molecule is COc1ccc(C)c2c1NCCc1[nH]ncc1-2. The van der Waals surface area contributed by atoms with Crippen LogP contribution < -0.4 is 10.1 Å². The number of nitrogens with zero attached hydrogens (tertiary/aromatic N) is 1. The predicted molar refractivity (Wildman–Crippen MR) is 67.5 cm³/mol. The fourth-order valence-electron chi connectivity index (χ4n) is 2.41. The third-order valence-electron chi connectivity index (χ3n) is 3.26. The predicted octanol–water partition coefficient (Wildman–Crippen LogP) is 2.36. The zero-order valence-corrected chi connectivity index (χ0v) is 10.0. The van der Waals surface area contributed by atoms with Crippen molar-refractivity contribution in [3.05, 3.63) is 29.6 Å². The second-order valence-electron chi connectivity index (χ2n) is 4.27. The van der Waals surface area contributed by atoms with Gasteiger partial charge in [-0.3, -0.25) is 5.10 Å². The normalized spacial score (nSPS) is 13.3. The van der Waals surface area contributed by atoms with Gasteiger partial charge in [-0.2, -0.15) is 5.10 Å². The van der Waals surface area contributed by atoms with E-state index in [0.717, 1.165) is 24.4 Å². The molecule has 0 aliphatic carbocycles. The van der Waals surface area contributed by atoms with Crippen LogP contribution in [0.1, 0.15) is 11.3 Å². The molecular formula is C13H15N3O. The van der Waals surface area contributed by atoms with Crippen LogP contribution in [0.25, 0.3) is 11.1 Å². The van der Waals surface area contributed by atoms with Gasteiger partial charge in [0.25, 0.3) is 0 Å². The van der Waals surface area contributed by atoms with Crippen molar-refractivity contribution < 1.29 is 4.74 Å². The number of benzene rings is 1. The van der Waals surface area contributed by atoms with Crippen molar-refractivity contribution in [1.82, 2.24) is 10.2 Å². The van der Waals surface area contributed by atoms with Crippen LogP contribution in [-0.4, -0.2) is 23.9 Å². The Morgan fingerprint density at radius 3 is 3.06 bits per heavy atom. The molecule has 2 N–H and O–H groups in total. The molecule has 4 heteroatoms. The minimum atomic E-state index is 0.889. The summed E-state index contributed by atoms with van der Waals surface area (Å²) < 4.78 is 5.42. The molecule has 2 heterocycles. The summed E-state index contributed by atoms with van der Waals surface area (Å²) in [6.07, 6.45) is 2.85. The van der Waals surface area contributed by atoms with Crippen LogP contribution in [0.15, 0.2) is 18.3 Å². The Morgan fingerprint density at radius 2 is 2.24 bits per heavy atom. The lowest BCUT2D eigenvalue weighted by molar-refractivity contribution is 0.416. The topological polar surface area (TPSA) is 49.9 Å². The lowest BCUT2D eigenvalue weighted by Crippen LogP contribution is -2.04. The first-order valence-electron chi connectivity index (χ1n) is 5.75. The van der Waals surface area contributed by atoms with Gasteiger partial charge in [0.05, 0.1) is 19.0 Å². The lowest BCUT2D eigenvalue weighted by atomic mass is 9.99. The van der Waals surface area contributed by atoms with Gasteiger partial charge in [0, 0.05) is 29.8 Å². The number of aromatic amines is 1. The van der Waals surface area contributed by atoms with Crippen LogP contribution in [0, 0.1) is 6.92 Å². The highest BCUT2D eigenvalue weighted by molar-refractivity contribution is 5.86. The maximum absolute atomic E-state index is 5.42. The smallest absolute Gasteiger partial charge is 0.142 e. The Bertz CT molecular complexity index is 560. The van der Waals surface area contributed by atoms with E-state index in [0.29, 0.717) is 0 Å². The van der Waals surface area contributed by atoms with E-state index in [2.05, 4.69) is 28.5 Å². The third-order valence-corrected chi connectivity index (χ3v) is 3.26. The minimum Gasteiger partial charge on any atom is -0.495 e. The van der Waals surface area contributed by atoms with Gasteiger partial charge in [-0.1, -0.05) is 6.07 Å². The van der Waals surface area contributed by atoms with Crippen molar-refractivity contribution >= 4 is 5.69 Å². The van der Waals surface area contributed by atoms with Crippen LogP contribution in [0.2, 0.25) is 0 Å². The van der Waals surface area contributed by atoms with Crippen molar-refractivity contribution in [3.63, 3.8) is 0 Å². The molecule has 1 aliphatic heterocycles. The first-order valence-corrected chi connectivity index (χ1v) is 5.75. The molecular weight excluding hydrogens is 214 g/mol. The number of aryl methyl sites for hydroxylation is 1. The number of rotatable bonds is 1. The largest absolute Gasteiger partial charge is 0.495 e. The number of aromatic nitrogens is 2. The highest BCUT2D eigenvalue weighted by Gasteiger charge is 2.20. The average molecular weight is 229 g/mol. The van der Waals surface area contributed by atoms with E-state index >= 15 is 0 Å². The van der Waals surface area contributed by atoms with Gasteiger partial charge >= 0.3 is 0 Å². The van der Waals surface area contributed by atoms with E-state index < -0.39 is 0 Å². The Balaban J connectivity index is 2.31. The highest BCUT2D eigenvalue weighted by Crippen LogP contribution is 2.40. The van der Waals surface area contributed by atoms with Gasteiger partial charge < -0.3 is 10.1 Å². The Labute approximate surface area is 100 Å². The number of methoxy groups -OCH3 is 1. The van der Waals surface area contributed by atoms with E-state index in [1.54, 1.807) is 7.11 Å². The van der Waals surface area contributed by atoms with Gasteiger partial charge in [0.15, 0.2) is 0 Å². The molecule has 88 valence electrons. The zero-order valence-electron chi connectivity index (χ0n) is 10.0. The Kier molecular flexibility index (Phi) is 2.28.